The number of carbonyl (C=O) groups is 1. The second-order valence-corrected chi connectivity index (χ2v) is 8.94. The molecule has 152 valence electrons. The van der Waals surface area contributed by atoms with Gasteiger partial charge < -0.3 is 20.7 Å². The lowest BCUT2D eigenvalue weighted by atomic mass is 9.90. The van der Waals surface area contributed by atoms with Crippen LogP contribution in [-0.4, -0.2) is 50.9 Å². The largest absolute Gasteiger partial charge is 0.493 e. The molecule has 0 radical (unpaired) electrons. The summed E-state index contributed by atoms with van der Waals surface area (Å²) in [7, 11) is 0. The molecule has 0 aromatic carbocycles. The fraction of sp³-hybridized carbons (Fsp3) is 0.700. The van der Waals surface area contributed by atoms with Crippen LogP contribution in [0.5, 0.6) is 5.75 Å². The van der Waals surface area contributed by atoms with Gasteiger partial charge in [0.15, 0.2) is 5.60 Å². The number of pyridine rings is 1. The van der Waals surface area contributed by atoms with Crippen LogP contribution in [0.4, 0.5) is 0 Å². The van der Waals surface area contributed by atoms with Crippen molar-refractivity contribution in [2.45, 2.75) is 57.6 Å². The molecule has 1 aliphatic rings. The third-order valence-corrected chi connectivity index (χ3v) is 6.19. The van der Waals surface area contributed by atoms with Crippen molar-refractivity contribution in [3.63, 3.8) is 0 Å². The van der Waals surface area contributed by atoms with Crippen LogP contribution >= 0.6 is 11.8 Å². The van der Waals surface area contributed by atoms with Gasteiger partial charge in [0.2, 0.25) is 0 Å². The molecule has 2 atom stereocenters. The summed E-state index contributed by atoms with van der Waals surface area (Å²) >= 11 is 1.55. The monoisotopic (exact) mass is 396 g/mol. The summed E-state index contributed by atoms with van der Waals surface area (Å²) in [4.78, 5) is 15.9. The number of nitrogens with two attached hydrogens (primary N) is 1. The van der Waals surface area contributed by atoms with E-state index in [1.807, 2.05) is 0 Å². The summed E-state index contributed by atoms with van der Waals surface area (Å²) in [6.45, 7) is 4.80. The highest BCUT2D eigenvalue weighted by Gasteiger charge is 2.43. The van der Waals surface area contributed by atoms with Crippen LogP contribution in [-0.2, 0) is 11.2 Å². The average molecular weight is 397 g/mol. The average Bonchev–Trinajstić information content (AvgIpc) is 3.42. The van der Waals surface area contributed by atoms with Crippen molar-refractivity contribution >= 4 is 17.7 Å². The zero-order valence-electron chi connectivity index (χ0n) is 16.3. The SMILES string of the molecule is CC(C)CSCC(N)C(O)(Cc1cc(OCCCC2CC2)ccn1)C(=O)O. The first-order chi connectivity index (χ1) is 12.8. The van der Waals surface area contributed by atoms with Crippen molar-refractivity contribution in [1.82, 2.24) is 4.98 Å². The summed E-state index contributed by atoms with van der Waals surface area (Å²) in [6, 6.07) is 2.56. The van der Waals surface area contributed by atoms with Crippen molar-refractivity contribution in [3.05, 3.63) is 24.0 Å². The molecule has 2 unspecified atom stereocenters. The maximum atomic E-state index is 11.7. The first-order valence-corrected chi connectivity index (χ1v) is 10.8. The third-order valence-electron chi connectivity index (χ3n) is 4.69. The van der Waals surface area contributed by atoms with Crippen molar-refractivity contribution in [2.75, 3.05) is 18.1 Å². The highest BCUT2D eigenvalue weighted by Crippen LogP contribution is 2.33. The molecule has 0 bridgehead atoms. The fourth-order valence-corrected chi connectivity index (χ4v) is 3.96. The predicted octanol–water partition coefficient (Wildman–Crippen LogP) is 2.73. The number of ether oxygens (including phenoxy) is 1. The Hall–Kier alpha value is -1.31. The minimum atomic E-state index is -2.05. The lowest BCUT2D eigenvalue weighted by molar-refractivity contribution is -0.160. The number of carboxylic acid groups (broad SMARTS) is 1. The summed E-state index contributed by atoms with van der Waals surface area (Å²) < 4.78 is 5.75. The molecule has 27 heavy (non-hydrogen) atoms. The van der Waals surface area contributed by atoms with Crippen LogP contribution in [0.1, 0.15) is 45.2 Å². The normalized spacial score (nSPS) is 17.5. The molecule has 1 aromatic rings. The number of rotatable bonds is 13. The molecule has 1 fully saturated rings. The molecule has 1 aromatic heterocycles. The molecular formula is C20H32N2O4S. The second kappa shape index (κ2) is 10.3. The van der Waals surface area contributed by atoms with E-state index in [9.17, 15) is 15.0 Å². The zero-order chi connectivity index (χ0) is 19.9. The van der Waals surface area contributed by atoms with E-state index in [0.717, 1.165) is 18.1 Å². The quantitative estimate of drug-likeness (QED) is 0.440. The second-order valence-electron chi connectivity index (χ2n) is 7.86. The standard InChI is InChI=1S/C20H32N2O4S/c1-14(2)12-27-13-18(21)20(25,19(23)24)11-16-10-17(7-8-22-16)26-9-3-4-15-5-6-15/h7-8,10,14-15,18,25H,3-6,9,11-13,21H2,1-2H3,(H,23,24). The van der Waals surface area contributed by atoms with E-state index in [4.69, 9.17) is 10.5 Å². The van der Waals surface area contributed by atoms with Gasteiger partial charge in [-0.3, -0.25) is 4.98 Å². The minimum Gasteiger partial charge on any atom is -0.493 e. The van der Waals surface area contributed by atoms with Crippen LogP contribution in [0.15, 0.2) is 18.3 Å². The molecule has 6 nitrogen and oxygen atoms in total. The Bertz CT molecular complexity index is 609. The molecular weight excluding hydrogens is 364 g/mol. The lowest BCUT2D eigenvalue weighted by Crippen LogP contribution is -2.57. The zero-order valence-corrected chi connectivity index (χ0v) is 17.1. The number of carboxylic acids is 1. The van der Waals surface area contributed by atoms with Gasteiger partial charge in [-0.05, 0) is 36.5 Å². The number of hydrogen-bond donors (Lipinski definition) is 3. The van der Waals surface area contributed by atoms with Crippen LogP contribution < -0.4 is 10.5 Å². The van der Waals surface area contributed by atoms with Gasteiger partial charge in [-0.15, -0.1) is 0 Å². The third kappa shape index (κ3) is 7.31. The van der Waals surface area contributed by atoms with Gasteiger partial charge in [-0.25, -0.2) is 4.79 Å². The Morgan fingerprint density at radius 2 is 2.19 bits per heavy atom. The Morgan fingerprint density at radius 3 is 2.81 bits per heavy atom. The van der Waals surface area contributed by atoms with E-state index in [2.05, 4.69) is 18.8 Å². The number of aromatic nitrogens is 1. The summed E-state index contributed by atoms with van der Waals surface area (Å²) in [5.74, 6) is 1.92. The van der Waals surface area contributed by atoms with Crippen LogP contribution in [0.25, 0.3) is 0 Å². The Morgan fingerprint density at radius 1 is 1.44 bits per heavy atom. The minimum absolute atomic E-state index is 0.148. The highest BCUT2D eigenvalue weighted by molar-refractivity contribution is 7.99. The number of nitrogens with zero attached hydrogens (tertiary/aromatic N) is 1. The van der Waals surface area contributed by atoms with E-state index < -0.39 is 17.6 Å². The van der Waals surface area contributed by atoms with Crippen LogP contribution in [0.3, 0.4) is 0 Å². The Balaban J connectivity index is 1.93. The van der Waals surface area contributed by atoms with Crippen molar-refractivity contribution in [1.29, 1.82) is 0 Å². The van der Waals surface area contributed by atoms with Gasteiger partial charge >= 0.3 is 5.97 Å². The predicted molar refractivity (Wildman–Crippen MR) is 108 cm³/mol. The topological polar surface area (TPSA) is 106 Å². The van der Waals surface area contributed by atoms with Gasteiger partial charge in [0, 0.05) is 30.1 Å². The molecule has 4 N–H and O–H groups in total. The molecule has 1 heterocycles. The smallest absolute Gasteiger partial charge is 0.337 e. The summed E-state index contributed by atoms with van der Waals surface area (Å²) in [5.41, 5.74) is 4.45. The number of aliphatic hydroxyl groups is 1. The summed E-state index contributed by atoms with van der Waals surface area (Å²) in [6.07, 6.45) is 6.31. The van der Waals surface area contributed by atoms with Gasteiger partial charge in [0.05, 0.1) is 12.6 Å². The molecule has 1 saturated carbocycles. The molecule has 0 saturated heterocycles. The highest BCUT2D eigenvalue weighted by atomic mass is 32.2. The lowest BCUT2D eigenvalue weighted by Gasteiger charge is -2.29. The van der Waals surface area contributed by atoms with Crippen molar-refractivity contribution in [2.24, 2.45) is 17.6 Å². The van der Waals surface area contributed by atoms with Gasteiger partial charge in [0.25, 0.3) is 0 Å². The molecule has 0 spiro atoms. The van der Waals surface area contributed by atoms with Gasteiger partial charge in [-0.2, -0.15) is 11.8 Å². The van der Waals surface area contributed by atoms with E-state index in [1.165, 1.54) is 19.3 Å². The maximum absolute atomic E-state index is 11.7. The first kappa shape index (κ1) is 22.0. The molecule has 2 rings (SSSR count). The number of aliphatic carboxylic acids is 1. The number of thioether (sulfide) groups is 1. The molecule has 0 amide bonds. The molecule has 7 heteroatoms. The Kier molecular flexibility index (Phi) is 8.38. The van der Waals surface area contributed by atoms with E-state index >= 15 is 0 Å². The van der Waals surface area contributed by atoms with Crippen molar-refractivity contribution in [3.8, 4) is 5.75 Å². The summed E-state index contributed by atoms with van der Waals surface area (Å²) in [5, 5.41) is 20.3. The fourth-order valence-electron chi connectivity index (χ4n) is 2.82. The Labute approximate surface area is 165 Å². The molecule has 0 aliphatic heterocycles. The van der Waals surface area contributed by atoms with Crippen molar-refractivity contribution < 1.29 is 19.7 Å². The van der Waals surface area contributed by atoms with Gasteiger partial charge in [0.1, 0.15) is 5.75 Å². The first-order valence-electron chi connectivity index (χ1n) is 9.68. The van der Waals surface area contributed by atoms with Gasteiger partial charge in [-0.1, -0.05) is 26.7 Å². The molecule has 1 aliphatic carbocycles. The van der Waals surface area contributed by atoms with E-state index in [1.54, 1.807) is 30.1 Å². The van der Waals surface area contributed by atoms with E-state index in [-0.39, 0.29) is 6.42 Å². The van der Waals surface area contributed by atoms with Crippen LogP contribution in [0.2, 0.25) is 0 Å². The van der Waals surface area contributed by atoms with E-state index in [0.29, 0.717) is 29.7 Å². The van der Waals surface area contributed by atoms with Crippen LogP contribution in [0, 0.1) is 11.8 Å². The maximum Gasteiger partial charge on any atom is 0.337 e. The number of hydrogen-bond acceptors (Lipinski definition) is 6.